The Kier molecular flexibility index (Phi) is 7.56. The van der Waals surface area contributed by atoms with Crippen LogP contribution in [0.2, 0.25) is 0 Å². The van der Waals surface area contributed by atoms with Gasteiger partial charge in [-0.1, -0.05) is 20.8 Å². The number of nitrogens with zero attached hydrogens (tertiary/aromatic N) is 5. The molecule has 0 aromatic carbocycles. The molecule has 2 aromatic rings. The molecule has 0 spiro atoms. The fourth-order valence-corrected chi connectivity index (χ4v) is 3.87. The Hall–Kier alpha value is -3.38. The summed E-state index contributed by atoms with van der Waals surface area (Å²) < 4.78 is 59.0. The van der Waals surface area contributed by atoms with Crippen molar-refractivity contribution < 1.29 is 31.9 Å². The maximum atomic E-state index is 14.6. The average molecular weight is 500 g/mol. The molecule has 1 saturated heterocycles. The van der Waals surface area contributed by atoms with Crippen molar-refractivity contribution >= 4 is 17.9 Å². The van der Waals surface area contributed by atoms with E-state index in [0.717, 1.165) is 18.5 Å². The first-order valence-electron chi connectivity index (χ1n) is 11.0. The van der Waals surface area contributed by atoms with Gasteiger partial charge < -0.3 is 24.8 Å². The van der Waals surface area contributed by atoms with Gasteiger partial charge in [-0.25, -0.2) is 14.8 Å². The molecule has 3 rings (SSSR count). The lowest BCUT2D eigenvalue weighted by Gasteiger charge is -2.34. The zero-order chi connectivity index (χ0) is 26.0. The van der Waals surface area contributed by atoms with Crippen LogP contribution in [-0.4, -0.2) is 63.7 Å². The van der Waals surface area contributed by atoms with Gasteiger partial charge in [0.2, 0.25) is 5.95 Å². The fraction of sp³-hybridized carbons (Fsp3) is 0.545. The van der Waals surface area contributed by atoms with Crippen molar-refractivity contribution in [3.63, 3.8) is 0 Å². The van der Waals surface area contributed by atoms with Crippen molar-refractivity contribution in [2.24, 2.45) is 11.1 Å². The number of carbonyl (C=O) groups excluding carboxylic acids is 2. The highest BCUT2D eigenvalue weighted by atomic mass is 19.4. The van der Waals surface area contributed by atoms with Crippen LogP contribution in [0.5, 0.6) is 0 Å². The highest BCUT2D eigenvalue weighted by molar-refractivity contribution is 5.94. The van der Waals surface area contributed by atoms with E-state index in [9.17, 15) is 27.2 Å². The summed E-state index contributed by atoms with van der Waals surface area (Å²) >= 11 is 0. The molecular formula is C22H28F4N6O3. The Balaban J connectivity index is 1.62. The number of nitrogens with two attached hydrogens (primary N) is 1. The summed E-state index contributed by atoms with van der Waals surface area (Å²) in [5.41, 5.74) is 4.13. The minimum absolute atomic E-state index is 0.00163. The van der Waals surface area contributed by atoms with Gasteiger partial charge in [0.25, 0.3) is 5.91 Å². The molecule has 1 atom stereocenters. The third-order valence-electron chi connectivity index (χ3n) is 5.43. The summed E-state index contributed by atoms with van der Waals surface area (Å²) in [6.45, 7) is 6.96. The number of aromatic nitrogens is 3. The Morgan fingerprint density at radius 2 is 1.71 bits per heavy atom. The van der Waals surface area contributed by atoms with Crippen molar-refractivity contribution in [3.8, 4) is 0 Å². The normalized spacial score (nSPS) is 15.7. The Morgan fingerprint density at radius 3 is 2.23 bits per heavy atom. The number of ether oxygens (including phenoxy) is 1. The van der Waals surface area contributed by atoms with E-state index in [2.05, 4.69) is 9.97 Å². The Labute approximate surface area is 199 Å². The van der Waals surface area contributed by atoms with E-state index in [4.69, 9.17) is 10.5 Å². The minimum Gasteiger partial charge on any atom is -0.444 e. The molecule has 1 aliphatic rings. The number of rotatable bonds is 6. The molecule has 35 heavy (non-hydrogen) atoms. The van der Waals surface area contributed by atoms with Crippen molar-refractivity contribution in [1.29, 1.82) is 0 Å². The molecule has 0 bridgehead atoms. The molecule has 3 heterocycles. The lowest BCUT2D eigenvalue weighted by atomic mass is 9.89. The Bertz CT molecular complexity index is 1040. The molecule has 1 aliphatic heterocycles. The van der Waals surface area contributed by atoms with Gasteiger partial charge in [0.1, 0.15) is 6.10 Å². The summed E-state index contributed by atoms with van der Waals surface area (Å²) in [6, 6.07) is 1.12. The molecule has 192 valence electrons. The van der Waals surface area contributed by atoms with Crippen molar-refractivity contribution in [2.45, 2.75) is 46.0 Å². The highest BCUT2D eigenvalue weighted by Gasteiger charge is 2.32. The van der Waals surface area contributed by atoms with Gasteiger partial charge in [-0.3, -0.25) is 4.79 Å². The van der Waals surface area contributed by atoms with Crippen LogP contribution in [0.15, 0.2) is 24.7 Å². The van der Waals surface area contributed by atoms with E-state index in [1.54, 1.807) is 4.90 Å². The van der Waals surface area contributed by atoms with E-state index < -0.39 is 29.9 Å². The first kappa shape index (κ1) is 26.2. The SMILES string of the molecule is CC(C)(C)CC(Cn1cc(C(=O)N2CCN(c3ncc(C(F)(F)F)cn3)CC2)cc1F)OC(N)=O. The number of hydrogen-bond acceptors (Lipinski definition) is 6. The van der Waals surface area contributed by atoms with Crippen LogP contribution < -0.4 is 10.6 Å². The second kappa shape index (κ2) is 10.1. The standard InChI is InChI=1S/C22H28F4N6O3/c1-21(2,3)9-16(35-19(27)34)13-32-12-14(8-17(32)23)18(33)30-4-6-31(7-5-30)20-28-10-15(11-29-20)22(24,25)26/h8,10-12,16H,4-7,9,13H2,1-3H3,(H2,27,34). The molecule has 2 N–H and O–H groups in total. The third-order valence-corrected chi connectivity index (χ3v) is 5.43. The lowest BCUT2D eigenvalue weighted by Crippen LogP contribution is -2.49. The van der Waals surface area contributed by atoms with Gasteiger partial charge in [0, 0.05) is 50.8 Å². The number of alkyl halides is 3. The molecule has 13 heteroatoms. The molecule has 0 radical (unpaired) electrons. The quantitative estimate of drug-likeness (QED) is 0.610. The molecular weight excluding hydrogens is 472 g/mol. The minimum atomic E-state index is -4.52. The smallest absolute Gasteiger partial charge is 0.419 e. The molecule has 0 aliphatic carbocycles. The van der Waals surface area contributed by atoms with E-state index in [-0.39, 0.29) is 42.5 Å². The summed E-state index contributed by atoms with van der Waals surface area (Å²) in [7, 11) is 0. The number of amides is 2. The first-order chi connectivity index (χ1) is 16.2. The molecule has 2 aromatic heterocycles. The summed E-state index contributed by atoms with van der Waals surface area (Å²) in [4.78, 5) is 34.9. The van der Waals surface area contributed by atoms with E-state index in [0.29, 0.717) is 19.5 Å². The van der Waals surface area contributed by atoms with Crippen LogP contribution in [-0.2, 0) is 17.5 Å². The molecule has 2 amide bonds. The maximum Gasteiger partial charge on any atom is 0.419 e. The molecule has 1 unspecified atom stereocenters. The van der Waals surface area contributed by atoms with Crippen LogP contribution in [0.25, 0.3) is 0 Å². The van der Waals surface area contributed by atoms with Crippen LogP contribution in [0.3, 0.4) is 0 Å². The average Bonchev–Trinajstić information content (AvgIpc) is 3.11. The number of halogens is 4. The number of anilines is 1. The highest BCUT2D eigenvalue weighted by Crippen LogP contribution is 2.28. The van der Waals surface area contributed by atoms with Crippen molar-refractivity contribution in [2.75, 3.05) is 31.1 Å². The first-order valence-corrected chi connectivity index (χ1v) is 11.0. The summed E-state index contributed by atoms with van der Waals surface area (Å²) in [6.07, 6.45) is -2.91. The van der Waals surface area contributed by atoms with Crippen LogP contribution >= 0.6 is 0 Å². The Morgan fingerprint density at radius 1 is 1.11 bits per heavy atom. The second-order valence-electron chi connectivity index (χ2n) is 9.58. The van der Waals surface area contributed by atoms with Crippen molar-refractivity contribution in [1.82, 2.24) is 19.4 Å². The summed E-state index contributed by atoms with van der Waals surface area (Å²) in [5, 5.41) is 0. The largest absolute Gasteiger partial charge is 0.444 e. The predicted molar refractivity (Wildman–Crippen MR) is 118 cm³/mol. The van der Waals surface area contributed by atoms with Gasteiger partial charge in [0.05, 0.1) is 17.7 Å². The topological polar surface area (TPSA) is 107 Å². The van der Waals surface area contributed by atoms with Gasteiger partial charge in [0.15, 0.2) is 5.95 Å². The zero-order valence-electron chi connectivity index (χ0n) is 19.7. The van der Waals surface area contributed by atoms with Gasteiger partial charge in [-0.15, -0.1) is 0 Å². The van der Waals surface area contributed by atoms with Crippen LogP contribution in [0.1, 0.15) is 43.1 Å². The number of hydrogen-bond donors (Lipinski definition) is 1. The van der Waals surface area contributed by atoms with Crippen LogP contribution in [0.4, 0.5) is 28.3 Å². The van der Waals surface area contributed by atoms with Gasteiger partial charge >= 0.3 is 12.3 Å². The fourth-order valence-electron chi connectivity index (χ4n) is 3.87. The van der Waals surface area contributed by atoms with E-state index in [1.165, 1.54) is 15.7 Å². The third kappa shape index (κ3) is 7.06. The second-order valence-corrected chi connectivity index (χ2v) is 9.58. The molecule has 0 saturated carbocycles. The van der Waals surface area contributed by atoms with Gasteiger partial charge in [-0.05, 0) is 11.8 Å². The number of primary amides is 1. The van der Waals surface area contributed by atoms with E-state index >= 15 is 0 Å². The monoisotopic (exact) mass is 500 g/mol. The number of carbonyl (C=O) groups is 2. The van der Waals surface area contributed by atoms with Gasteiger partial charge in [-0.2, -0.15) is 17.6 Å². The summed E-state index contributed by atoms with van der Waals surface area (Å²) in [5.74, 6) is -0.905. The van der Waals surface area contributed by atoms with Crippen molar-refractivity contribution in [3.05, 3.63) is 41.7 Å². The predicted octanol–water partition coefficient (Wildman–Crippen LogP) is 3.30. The lowest BCUT2D eigenvalue weighted by molar-refractivity contribution is -0.138. The molecule has 1 fully saturated rings. The molecule has 9 nitrogen and oxygen atoms in total. The van der Waals surface area contributed by atoms with E-state index in [1.807, 2.05) is 20.8 Å². The number of piperazine rings is 1. The maximum absolute atomic E-state index is 14.6. The zero-order valence-corrected chi connectivity index (χ0v) is 19.7. The van der Waals surface area contributed by atoms with Crippen LogP contribution in [0, 0.1) is 11.4 Å².